The molecule has 198 valence electrons. The summed E-state index contributed by atoms with van der Waals surface area (Å²) in [5.74, 6) is -0.866. The molecule has 0 aliphatic rings. The lowest BCUT2D eigenvalue weighted by molar-refractivity contribution is -0.139. The van der Waals surface area contributed by atoms with E-state index in [9.17, 15) is 18.0 Å². The van der Waals surface area contributed by atoms with Crippen LogP contribution in [0.5, 0.6) is 0 Å². The lowest BCUT2D eigenvalue weighted by atomic mass is 10.1. The van der Waals surface area contributed by atoms with Crippen LogP contribution in [0.2, 0.25) is 10.0 Å². The molecule has 0 bridgehead atoms. The van der Waals surface area contributed by atoms with Gasteiger partial charge in [-0.3, -0.25) is 13.9 Å². The number of carbonyl (C=O) groups is 2. The SMILES string of the molecule is CC[C@@H](C)NC(=O)[C@H](C)N(Cc1ccc(Cl)c(Cl)c1)C(=O)CN(c1cccc2ccccc12)S(C)(=O)=O. The van der Waals surface area contributed by atoms with Gasteiger partial charge in [-0.15, -0.1) is 0 Å². The van der Waals surface area contributed by atoms with E-state index in [-0.39, 0.29) is 18.5 Å². The zero-order valence-corrected chi connectivity index (χ0v) is 23.6. The van der Waals surface area contributed by atoms with Crippen molar-refractivity contribution in [3.05, 3.63) is 76.3 Å². The van der Waals surface area contributed by atoms with Crippen LogP contribution >= 0.6 is 23.2 Å². The largest absolute Gasteiger partial charge is 0.352 e. The first-order valence-electron chi connectivity index (χ1n) is 11.9. The van der Waals surface area contributed by atoms with E-state index in [1.807, 2.05) is 44.2 Å². The molecule has 37 heavy (non-hydrogen) atoms. The summed E-state index contributed by atoms with van der Waals surface area (Å²) in [5, 5.41) is 5.12. The van der Waals surface area contributed by atoms with Gasteiger partial charge in [-0.2, -0.15) is 0 Å². The number of hydrogen-bond donors (Lipinski definition) is 1. The molecule has 0 saturated carbocycles. The predicted octanol–water partition coefficient (Wildman–Crippen LogP) is 5.24. The van der Waals surface area contributed by atoms with Crippen LogP contribution in [0, 0.1) is 0 Å². The van der Waals surface area contributed by atoms with Gasteiger partial charge < -0.3 is 10.2 Å². The van der Waals surface area contributed by atoms with Crippen LogP contribution in [0.15, 0.2) is 60.7 Å². The van der Waals surface area contributed by atoms with Crippen LogP contribution in [0.25, 0.3) is 10.8 Å². The Bertz CT molecular complexity index is 1390. The van der Waals surface area contributed by atoms with Crippen LogP contribution in [0.4, 0.5) is 5.69 Å². The summed E-state index contributed by atoms with van der Waals surface area (Å²) >= 11 is 12.2. The summed E-state index contributed by atoms with van der Waals surface area (Å²) in [4.78, 5) is 28.1. The average Bonchev–Trinajstić information content (AvgIpc) is 2.86. The van der Waals surface area contributed by atoms with Gasteiger partial charge in [-0.1, -0.05) is 72.6 Å². The quantitative estimate of drug-likeness (QED) is 0.365. The van der Waals surface area contributed by atoms with Crippen LogP contribution in [0.3, 0.4) is 0 Å². The molecule has 7 nitrogen and oxygen atoms in total. The van der Waals surface area contributed by atoms with E-state index in [1.165, 1.54) is 4.90 Å². The molecule has 2 amide bonds. The minimum atomic E-state index is -3.85. The van der Waals surface area contributed by atoms with Gasteiger partial charge >= 0.3 is 0 Å². The maximum absolute atomic E-state index is 13.7. The van der Waals surface area contributed by atoms with Crippen molar-refractivity contribution in [2.24, 2.45) is 0 Å². The lowest BCUT2D eigenvalue weighted by Crippen LogP contribution is -2.52. The Hall–Kier alpha value is -2.81. The van der Waals surface area contributed by atoms with E-state index in [4.69, 9.17) is 23.2 Å². The number of anilines is 1. The molecule has 2 atom stereocenters. The molecule has 0 unspecified atom stereocenters. The normalized spacial score (nSPS) is 13.1. The Morgan fingerprint density at radius 3 is 2.30 bits per heavy atom. The Morgan fingerprint density at radius 2 is 1.65 bits per heavy atom. The van der Waals surface area contributed by atoms with Crippen LogP contribution in [-0.4, -0.2) is 50.0 Å². The second-order valence-electron chi connectivity index (χ2n) is 9.03. The number of nitrogens with one attached hydrogen (secondary N) is 1. The molecule has 3 aromatic carbocycles. The average molecular weight is 565 g/mol. The van der Waals surface area contributed by atoms with Crippen molar-refractivity contribution in [3.63, 3.8) is 0 Å². The second kappa shape index (κ2) is 12.2. The van der Waals surface area contributed by atoms with E-state index >= 15 is 0 Å². The van der Waals surface area contributed by atoms with Crippen LogP contribution in [0.1, 0.15) is 32.8 Å². The van der Waals surface area contributed by atoms with E-state index < -0.39 is 28.5 Å². The number of nitrogens with zero attached hydrogens (tertiary/aromatic N) is 2. The highest BCUT2D eigenvalue weighted by Crippen LogP contribution is 2.29. The van der Waals surface area contributed by atoms with Gasteiger partial charge in [0.15, 0.2) is 0 Å². The molecule has 0 radical (unpaired) electrons. The highest BCUT2D eigenvalue weighted by atomic mass is 35.5. The summed E-state index contributed by atoms with van der Waals surface area (Å²) in [5.41, 5.74) is 1.04. The van der Waals surface area contributed by atoms with Crippen molar-refractivity contribution in [1.82, 2.24) is 10.2 Å². The molecule has 0 aliphatic carbocycles. The van der Waals surface area contributed by atoms with Gasteiger partial charge in [-0.05, 0) is 49.4 Å². The maximum Gasteiger partial charge on any atom is 0.244 e. The number of halogens is 2. The van der Waals surface area contributed by atoms with Crippen molar-refractivity contribution in [2.45, 2.75) is 45.8 Å². The van der Waals surface area contributed by atoms with Crippen LogP contribution < -0.4 is 9.62 Å². The van der Waals surface area contributed by atoms with Crippen molar-refractivity contribution >= 4 is 61.5 Å². The van der Waals surface area contributed by atoms with Crippen molar-refractivity contribution < 1.29 is 18.0 Å². The smallest absolute Gasteiger partial charge is 0.244 e. The standard InChI is InChI=1S/C27H31Cl2N3O4S/c1-5-18(2)30-27(34)19(3)31(16-20-13-14-23(28)24(29)15-20)26(33)17-32(37(4,35)36)25-12-8-10-21-9-6-7-11-22(21)25/h6-15,18-19H,5,16-17H2,1-4H3,(H,30,34)/t18-,19+/m1/s1. The van der Waals surface area contributed by atoms with E-state index in [2.05, 4.69) is 5.32 Å². The molecule has 3 rings (SSSR count). The first-order valence-corrected chi connectivity index (χ1v) is 14.5. The van der Waals surface area contributed by atoms with Gasteiger partial charge in [0.25, 0.3) is 0 Å². The van der Waals surface area contributed by atoms with Crippen molar-refractivity contribution in [2.75, 3.05) is 17.1 Å². The first-order chi connectivity index (χ1) is 17.4. The number of carbonyl (C=O) groups excluding carboxylic acids is 2. The topological polar surface area (TPSA) is 86.8 Å². The van der Waals surface area contributed by atoms with Gasteiger partial charge in [0.2, 0.25) is 21.8 Å². The second-order valence-corrected chi connectivity index (χ2v) is 11.8. The third-order valence-electron chi connectivity index (χ3n) is 6.22. The number of fused-ring (bicyclic) bond motifs is 1. The van der Waals surface area contributed by atoms with Gasteiger partial charge in [0, 0.05) is 18.0 Å². The summed E-state index contributed by atoms with van der Waals surface area (Å²) in [6.45, 7) is 5.01. The number of rotatable bonds is 10. The molecule has 0 fully saturated rings. The summed E-state index contributed by atoms with van der Waals surface area (Å²) in [6.07, 6.45) is 1.78. The third-order valence-corrected chi connectivity index (χ3v) is 8.09. The molecule has 10 heteroatoms. The Labute approximate surface area is 228 Å². The molecule has 0 aromatic heterocycles. The highest BCUT2D eigenvalue weighted by Gasteiger charge is 2.31. The Morgan fingerprint density at radius 1 is 0.973 bits per heavy atom. The fourth-order valence-electron chi connectivity index (χ4n) is 3.90. The fourth-order valence-corrected chi connectivity index (χ4v) is 5.09. The molecule has 1 N–H and O–H groups in total. The third kappa shape index (κ3) is 7.15. The number of hydrogen-bond acceptors (Lipinski definition) is 4. The van der Waals surface area contributed by atoms with E-state index in [0.717, 1.165) is 22.4 Å². The molecule has 0 spiro atoms. The number of sulfonamides is 1. The molecule has 0 saturated heterocycles. The molecule has 0 aliphatic heterocycles. The fraction of sp³-hybridized carbons (Fsp3) is 0.333. The lowest BCUT2D eigenvalue weighted by Gasteiger charge is -2.32. The van der Waals surface area contributed by atoms with Gasteiger partial charge in [0.05, 0.1) is 22.0 Å². The first kappa shape index (κ1) is 28.8. The summed E-state index contributed by atoms with van der Waals surface area (Å²) in [7, 11) is -3.85. The predicted molar refractivity (Wildman–Crippen MR) is 151 cm³/mol. The zero-order chi connectivity index (χ0) is 27.3. The Kier molecular flexibility index (Phi) is 9.45. The minimum Gasteiger partial charge on any atom is -0.352 e. The highest BCUT2D eigenvalue weighted by molar-refractivity contribution is 7.92. The molecular weight excluding hydrogens is 533 g/mol. The minimum absolute atomic E-state index is 0.0396. The molecule has 3 aromatic rings. The molecular formula is C27H31Cl2N3O4S. The zero-order valence-electron chi connectivity index (χ0n) is 21.2. The van der Waals surface area contributed by atoms with Crippen molar-refractivity contribution in [1.29, 1.82) is 0 Å². The van der Waals surface area contributed by atoms with Gasteiger partial charge in [-0.25, -0.2) is 8.42 Å². The van der Waals surface area contributed by atoms with Crippen molar-refractivity contribution in [3.8, 4) is 0 Å². The van der Waals surface area contributed by atoms with Crippen LogP contribution in [-0.2, 0) is 26.2 Å². The molecule has 0 heterocycles. The van der Waals surface area contributed by atoms with E-state index in [0.29, 0.717) is 26.7 Å². The summed E-state index contributed by atoms with van der Waals surface area (Å²) < 4.78 is 26.9. The van der Waals surface area contributed by atoms with Gasteiger partial charge in [0.1, 0.15) is 12.6 Å². The monoisotopic (exact) mass is 563 g/mol. The Balaban J connectivity index is 2.00. The maximum atomic E-state index is 13.7. The number of benzene rings is 3. The summed E-state index contributed by atoms with van der Waals surface area (Å²) in [6, 6.07) is 16.6. The van der Waals surface area contributed by atoms with E-state index in [1.54, 1.807) is 37.3 Å². The number of amides is 2.